The first-order valence-electron chi connectivity index (χ1n) is 7.63. The Hall–Kier alpha value is -1.34. The van der Waals surface area contributed by atoms with Crippen molar-refractivity contribution in [1.29, 1.82) is 0 Å². The largest absolute Gasteiger partial charge is 0.377 e. The number of hydrogen-bond acceptors (Lipinski definition) is 5. The first kappa shape index (κ1) is 17.0. The molecular weight excluding hydrogens is 302 g/mol. The molecule has 1 amide bonds. The van der Waals surface area contributed by atoms with Crippen LogP contribution in [-0.2, 0) is 16.0 Å². The first-order valence-corrected chi connectivity index (χ1v) is 8.61. The number of carbonyl (C=O) groups excluding carboxylic acids is 1. The normalized spacial score (nSPS) is 21.9. The number of thioether (sulfide) groups is 1. The van der Waals surface area contributed by atoms with Crippen molar-refractivity contribution in [2.24, 2.45) is 0 Å². The van der Waals surface area contributed by atoms with Crippen LogP contribution in [0, 0.1) is 0 Å². The summed E-state index contributed by atoms with van der Waals surface area (Å²) in [5.74, 6) is 0.324. The van der Waals surface area contributed by atoms with Gasteiger partial charge in [-0.3, -0.25) is 9.59 Å². The fourth-order valence-electron chi connectivity index (χ4n) is 2.64. The molecule has 1 aromatic heterocycles. The number of nitrogens with one attached hydrogen (secondary N) is 1. The predicted molar refractivity (Wildman–Crippen MR) is 86.2 cm³/mol. The molecule has 1 saturated heterocycles. The second-order valence-corrected chi connectivity index (χ2v) is 6.58. The van der Waals surface area contributed by atoms with Crippen molar-refractivity contribution in [2.75, 3.05) is 19.0 Å². The number of carbonyl (C=O) groups is 1. The number of nitrogens with zero attached hydrogens (tertiary/aromatic N) is 2. The summed E-state index contributed by atoms with van der Waals surface area (Å²) in [6.45, 7) is 7.16. The van der Waals surface area contributed by atoms with E-state index in [1.54, 1.807) is 0 Å². The lowest BCUT2D eigenvalue weighted by Crippen LogP contribution is -2.53. The summed E-state index contributed by atoms with van der Waals surface area (Å²) < 4.78 is 5.44. The number of aryl methyl sites for hydroxylation is 1. The maximum atomic E-state index is 12.4. The Balaban J connectivity index is 2.00. The smallest absolute Gasteiger partial charge is 0.251 e. The molecule has 22 heavy (non-hydrogen) atoms. The Morgan fingerprint density at radius 1 is 1.45 bits per heavy atom. The summed E-state index contributed by atoms with van der Waals surface area (Å²) in [7, 11) is 0. The van der Waals surface area contributed by atoms with E-state index in [1.165, 1.54) is 17.8 Å². The minimum Gasteiger partial charge on any atom is -0.377 e. The van der Waals surface area contributed by atoms with Crippen molar-refractivity contribution in [1.82, 2.24) is 14.9 Å². The average Bonchev–Trinajstić information content (AvgIpc) is 2.45. The van der Waals surface area contributed by atoms with Gasteiger partial charge in [-0.1, -0.05) is 25.1 Å². The number of ether oxygens (including phenoxy) is 1. The Morgan fingerprint density at radius 2 is 2.14 bits per heavy atom. The molecule has 1 aromatic rings. The van der Waals surface area contributed by atoms with Gasteiger partial charge in [-0.15, -0.1) is 0 Å². The third kappa shape index (κ3) is 4.33. The maximum absolute atomic E-state index is 12.4. The molecule has 0 spiro atoms. The van der Waals surface area contributed by atoms with E-state index in [1.807, 2.05) is 25.7 Å². The van der Waals surface area contributed by atoms with Crippen LogP contribution in [0.4, 0.5) is 0 Å². The quantitative estimate of drug-likeness (QED) is 0.655. The van der Waals surface area contributed by atoms with Gasteiger partial charge < -0.3 is 14.6 Å². The highest BCUT2D eigenvalue weighted by molar-refractivity contribution is 7.99. The van der Waals surface area contributed by atoms with E-state index < -0.39 is 0 Å². The van der Waals surface area contributed by atoms with E-state index in [-0.39, 0.29) is 29.3 Å². The molecule has 0 radical (unpaired) electrons. The highest BCUT2D eigenvalue weighted by atomic mass is 32.2. The van der Waals surface area contributed by atoms with Gasteiger partial charge in [0.1, 0.15) is 0 Å². The maximum Gasteiger partial charge on any atom is 0.251 e. The van der Waals surface area contributed by atoms with Gasteiger partial charge in [-0.25, -0.2) is 4.98 Å². The Labute approximate surface area is 134 Å². The highest BCUT2D eigenvalue weighted by Crippen LogP contribution is 2.18. The Bertz CT molecular complexity index is 565. The van der Waals surface area contributed by atoms with Crippen molar-refractivity contribution in [3.63, 3.8) is 0 Å². The molecule has 6 nitrogen and oxygen atoms in total. The zero-order valence-corrected chi connectivity index (χ0v) is 14.1. The van der Waals surface area contributed by atoms with Crippen LogP contribution in [0.1, 0.15) is 32.9 Å². The number of morpholine rings is 1. The SMILES string of the molecule is CCCc1cc(=O)[nH]c(SCC(=O)N2[C@@H](C)COC[C@@H]2C)n1. The Morgan fingerprint density at radius 3 is 2.77 bits per heavy atom. The van der Waals surface area contributed by atoms with Gasteiger partial charge in [0, 0.05) is 11.8 Å². The molecule has 0 bridgehead atoms. The molecule has 1 aliphatic heterocycles. The minimum absolute atomic E-state index is 0.0526. The summed E-state index contributed by atoms with van der Waals surface area (Å²) in [6, 6.07) is 1.67. The molecular formula is C15H23N3O3S. The van der Waals surface area contributed by atoms with Crippen molar-refractivity contribution >= 4 is 17.7 Å². The second kappa shape index (κ2) is 7.78. The summed E-state index contributed by atoms with van der Waals surface area (Å²) >= 11 is 1.28. The van der Waals surface area contributed by atoms with Gasteiger partial charge in [-0.2, -0.15) is 0 Å². The zero-order chi connectivity index (χ0) is 16.1. The molecule has 1 aliphatic rings. The van der Waals surface area contributed by atoms with Gasteiger partial charge in [0.2, 0.25) is 5.91 Å². The van der Waals surface area contributed by atoms with Crippen molar-refractivity contribution < 1.29 is 9.53 Å². The fourth-order valence-corrected chi connectivity index (χ4v) is 3.40. The minimum atomic E-state index is -0.165. The number of H-pyrrole nitrogens is 1. The van der Waals surface area contributed by atoms with Crippen LogP contribution in [-0.4, -0.2) is 51.8 Å². The van der Waals surface area contributed by atoms with Gasteiger partial charge in [0.15, 0.2) is 5.16 Å². The fraction of sp³-hybridized carbons (Fsp3) is 0.667. The van der Waals surface area contributed by atoms with Crippen molar-refractivity contribution in [3.05, 3.63) is 22.1 Å². The van der Waals surface area contributed by atoms with Crippen LogP contribution in [0.25, 0.3) is 0 Å². The topological polar surface area (TPSA) is 75.3 Å². The van der Waals surface area contributed by atoms with E-state index in [2.05, 4.69) is 9.97 Å². The molecule has 0 unspecified atom stereocenters. The van der Waals surface area contributed by atoms with E-state index in [0.717, 1.165) is 18.5 Å². The van der Waals surface area contributed by atoms with Crippen LogP contribution in [0.3, 0.4) is 0 Å². The molecule has 1 N–H and O–H groups in total. The molecule has 0 aromatic carbocycles. The van der Waals surface area contributed by atoms with E-state index in [9.17, 15) is 9.59 Å². The molecule has 122 valence electrons. The molecule has 2 atom stereocenters. The standard InChI is InChI=1S/C15H23N3O3S/c1-4-5-12-6-13(19)17-15(16-12)22-9-14(20)18-10(2)7-21-8-11(18)3/h6,10-11H,4-5,7-9H2,1-3H3,(H,16,17,19)/t10-,11-/m0/s1. The van der Waals surface area contributed by atoms with E-state index in [0.29, 0.717) is 18.4 Å². The molecule has 0 saturated carbocycles. The first-order chi connectivity index (χ1) is 10.5. The monoisotopic (exact) mass is 325 g/mol. The average molecular weight is 325 g/mol. The molecule has 0 aliphatic carbocycles. The van der Waals surface area contributed by atoms with Gasteiger partial charge >= 0.3 is 0 Å². The third-order valence-electron chi connectivity index (χ3n) is 3.57. The lowest BCUT2D eigenvalue weighted by atomic mass is 10.2. The molecule has 2 rings (SSSR count). The summed E-state index contributed by atoms with van der Waals surface area (Å²) in [6.07, 6.45) is 1.70. The van der Waals surface area contributed by atoms with Crippen LogP contribution < -0.4 is 5.56 Å². The van der Waals surface area contributed by atoms with Crippen LogP contribution >= 0.6 is 11.8 Å². The van der Waals surface area contributed by atoms with Crippen molar-refractivity contribution in [3.8, 4) is 0 Å². The Kier molecular flexibility index (Phi) is 6.02. The molecule has 2 heterocycles. The number of rotatable bonds is 5. The summed E-state index contributed by atoms with van der Waals surface area (Å²) in [5, 5.41) is 0.512. The van der Waals surface area contributed by atoms with Crippen LogP contribution in [0.2, 0.25) is 0 Å². The van der Waals surface area contributed by atoms with Gasteiger partial charge in [-0.05, 0) is 20.3 Å². The number of hydrogen-bond donors (Lipinski definition) is 1. The van der Waals surface area contributed by atoms with Gasteiger partial charge in [0.05, 0.1) is 31.1 Å². The highest BCUT2D eigenvalue weighted by Gasteiger charge is 2.29. The van der Waals surface area contributed by atoms with E-state index >= 15 is 0 Å². The predicted octanol–water partition coefficient (Wildman–Crippen LogP) is 1.45. The second-order valence-electron chi connectivity index (χ2n) is 5.62. The zero-order valence-electron chi connectivity index (χ0n) is 13.3. The summed E-state index contributed by atoms with van der Waals surface area (Å²) in [5.41, 5.74) is 0.607. The summed E-state index contributed by atoms with van der Waals surface area (Å²) in [4.78, 5) is 33.0. The number of aromatic amines is 1. The van der Waals surface area contributed by atoms with Gasteiger partial charge in [0.25, 0.3) is 5.56 Å². The third-order valence-corrected chi connectivity index (χ3v) is 4.43. The number of amides is 1. The molecule has 1 fully saturated rings. The van der Waals surface area contributed by atoms with Crippen LogP contribution in [0.5, 0.6) is 0 Å². The lowest BCUT2D eigenvalue weighted by molar-refractivity contribution is -0.141. The van der Waals surface area contributed by atoms with Crippen LogP contribution in [0.15, 0.2) is 16.0 Å². The number of aromatic nitrogens is 2. The van der Waals surface area contributed by atoms with Crippen molar-refractivity contribution in [2.45, 2.75) is 50.9 Å². The molecule has 7 heteroatoms. The lowest BCUT2D eigenvalue weighted by Gasteiger charge is -2.38. The van der Waals surface area contributed by atoms with E-state index in [4.69, 9.17) is 4.74 Å².